The Kier molecular flexibility index (Phi) is 4.92. The Balaban J connectivity index is 2.26. The standard InChI is InChI=1S/C14H21NO2S/c1-17-14-3-2-11(8-12(14)13(15)9-16)10-4-6-18-7-5-10/h2-3,8,10,13,16H,4-7,9,15H2,1H3. The van der Waals surface area contributed by atoms with Crippen molar-refractivity contribution in [1.29, 1.82) is 0 Å². The molecule has 1 saturated heterocycles. The summed E-state index contributed by atoms with van der Waals surface area (Å²) < 4.78 is 5.32. The van der Waals surface area contributed by atoms with Crippen molar-refractivity contribution in [3.63, 3.8) is 0 Å². The van der Waals surface area contributed by atoms with Gasteiger partial charge >= 0.3 is 0 Å². The molecule has 1 unspecified atom stereocenters. The molecule has 3 nitrogen and oxygen atoms in total. The van der Waals surface area contributed by atoms with Crippen LogP contribution in [-0.4, -0.2) is 30.3 Å². The van der Waals surface area contributed by atoms with E-state index in [0.29, 0.717) is 5.92 Å². The van der Waals surface area contributed by atoms with Gasteiger partial charge in [0.25, 0.3) is 0 Å². The van der Waals surface area contributed by atoms with Crippen LogP contribution in [0.5, 0.6) is 5.75 Å². The summed E-state index contributed by atoms with van der Waals surface area (Å²) in [7, 11) is 1.64. The number of ether oxygens (including phenoxy) is 1. The number of hydrogen-bond acceptors (Lipinski definition) is 4. The SMILES string of the molecule is COc1ccc(C2CCSCC2)cc1C(N)CO. The molecule has 1 heterocycles. The minimum Gasteiger partial charge on any atom is -0.496 e. The van der Waals surface area contributed by atoms with E-state index in [4.69, 9.17) is 10.5 Å². The molecule has 0 radical (unpaired) electrons. The van der Waals surface area contributed by atoms with Crippen LogP contribution in [0.1, 0.15) is 35.9 Å². The van der Waals surface area contributed by atoms with Gasteiger partial charge < -0.3 is 15.6 Å². The first kappa shape index (κ1) is 13.7. The van der Waals surface area contributed by atoms with Gasteiger partial charge in [0.05, 0.1) is 19.8 Å². The summed E-state index contributed by atoms with van der Waals surface area (Å²) in [6.45, 7) is -0.0552. The van der Waals surface area contributed by atoms with E-state index in [1.807, 2.05) is 17.8 Å². The molecular formula is C14H21NO2S. The second-order valence-corrected chi connectivity index (χ2v) is 5.90. The lowest BCUT2D eigenvalue weighted by atomic mass is 9.91. The number of nitrogens with two attached hydrogens (primary N) is 1. The quantitative estimate of drug-likeness (QED) is 0.879. The molecule has 18 heavy (non-hydrogen) atoms. The largest absolute Gasteiger partial charge is 0.496 e. The van der Waals surface area contributed by atoms with Crippen molar-refractivity contribution < 1.29 is 9.84 Å². The van der Waals surface area contributed by atoms with Crippen LogP contribution in [0.3, 0.4) is 0 Å². The van der Waals surface area contributed by atoms with Gasteiger partial charge in [-0.1, -0.05) is 12.1 Å². The predicted molar refractivity (Wildman–Crippen MR) is 76.3 cm³/mol. The Morgan fingerprint density at radius 3 is 2.78 bits per heavy atom. The highest BCUT2D eigenvalue weighted by molar-refractivity contribution is 7.99. The van der Waals surface area contributed by atoms with Crippen molar-refractivity contribution in [3.8, 4) is 5.75 Å². The zero-order valence-corrected chi connectivity index (χ0v) is 11.6. The van der Waals surface area contributed by atoms with Gasteiger partial charge in [0.15, 0.2) is 0 Å². The van der Waals surface area contributed by atoms with Gasteiger partial charge in [0.1, 0.15) is 5.75 Å². The molecular weight excluding hydrogens is 246 g/mol. The van der Waals surface area contributed by atoms with Crippen molar-refractivity contribution >= 4 is 11.8 Å². The van der Waals surface area contributed by atoms with E-state index in [9.17, 15) is 5.11 Å². The van der Waals surface area contributed by atoms with E-state index in [1.165, 1.54) is 29.9 Å². The number of benzene rings is 1. The van der Waals surface area contributed by atoms with Crippen LogP contribution in [0, 0.1) is 0 Å². The number of methoxy groups -OCH3 is 1. The molecule has 0 amide bonds. The Labute approximate surface area is 113 Å². The van der Waals surface area contributed by atoms with Crippen molar-refractivity contribution in [3.05, 3.63) is 29.3 Å². The van der Waals surface area contributed by atoms with Crippen LogP contribution in [0.25, 0.3) is 0 Å². The third-order valence-electron chi connectivity index (χ3n) is 3.54. The number of thioether (sulfide) groups is 1. The summed E-state index contributed by atoms with van der Waals surface area (Å²) in [5, 5.41) is 9.23. The van der Waals surface area contributed by atoms with E-state index in [2.05, 4.69) is 12.1 Å². The Hall–Kier alpha value is -0.710. The lowest BCUT2D eigenvalue weighted by Crippen LogP contribution is -2.16. The topological polar surface area (TPSA) is 55.5 Å². The summed E-state index contributed by atoms with van der Waals surface area (Å²) in [6.07, 6.45) is 2.45. The highest BCUT2D eigenvalue weighted by Gasteiger charge is 2.19. The van der Waals surface area contributed by atoms with Gasteiger partial charge in [-0.05, 0) is 41.9 Å². The highest BCUT2D eigenvalue weighted by atomic mass is 32.2. The first-order chi connectivity index (χ1) is 8.76. The fraction of sp³-hybridized carbons (Fsp3) is 0.571. The van der Waals surface area contributed by atoms with E-state index < -0.39 is 0 Å². The van der Waals surface area contributed by atoms with E-state index in [-0.39, 0.29) is 12.6 Å². The number of rotatable bonds is 4. The summed E-state index contributed by atoms with van der Waals surface area (Å²) in [6, 6.07) is 5.85. The predicted octanol–water partition coefficient (Wildman–Crippen LogP) is 2.30. The second-order valence-electron chi connectivity index (χ2n) is 4.68. The van der Waals surface area contributed by atoms with Crippen molar-refractivity contribution in [1.82, 2.24) is 0 Å². The van der Waals surface area contributed by atoms with E-state index >= 15 is 0 Å². The van der Waals surface area contributed by atoms with Crippen LogP contribution in [0.15, 0.2) is 18.2 Å². The van der Waals surface area contributed by atoms with Gasteiger partial charge in [-0.15, -0.1) is 0 Å². The molecule has 0 aliphatic carbocycles. The lowest BCUT2D eigenvalue weighted by molar-refractivity contribution is 0.264. The molecule has 0 bridgehead atoms. The summed E-state index contributed by atoms with van der Waals surface area (Å²) >= 11 is 2.03. The third kappa shape index (κ3) is 2.99. The van der Waals surface area contributed by atoms with Crippen LogP contribution in [0.4, 0.5) is 0 Å². The van der Waals surface area contributed by atoms with Crippen molar-refractivity contribution in [2.45, 2.75) is 24.8 Å². The molecule has 1 atom stereocenters. The van der Waals surface area contributed by atoms with Gasteiger partial charge in [-0.25, -0.2) is 0 Å². The minimum absolute atomic E-state index is 0.0552. The highest BCUT2D eigenvalue weighted by Crippen LogP contribution is 2.34. The summed E-state index contributed by atoms with van der Waals surface area (Å²) in [5.41, 5.74) is 8.18. The minimum atomic E-state index is -0.363. The Morgan fingerprint density at radius 2 is 2.17 bits per heavy atom. The molecule has 0 saturated carbocycles. The van der Waals surface area contributed by atoms with Crippen LogP contribution in [-0.2, 0) is 0 Å². The van der Waals surface area contributed by atoms with Gasteiger partial charge in [-0.2, -0.15) is 11.8 Å². The van der Waals surface area contributed by atoms with Crippen LogP contribution in [0.2, 0.25) is 0 Å². The smallest absolute Gasteiger partial charge is 0.123 e. The summed E-state index contributed by atoms with van der Waals surface area (Å²) in [4.78, 5) is 0. The third-order valence-corrected chi connectivity index (χ3v) is 4.59. The average Bonchev–Trinajstić information content (AvgIpc) is 2.46. The molecule has 2 rings (SSSR count). The first-order valence-corrected chi connectivity index (χ1v) is 7.53. The molecule has 4 heteroatoms. The lowest BCUT2D eigenvalue weighted by Gasteiger charge is -2.23. The molecule has 1 fully saturated rings. The average molecular weight is 267 g/mol. The maximum Gasteiger partial charge on any atom is 0.123 e. The fourth-order valence-corrected chi connectivity index (χ4v) is 3.53. The molecule has 100 valence electrons. The molecule has 1 aromatic rings. The number of aliphatic hydroxyl groups excluding tert-OH is 1. The van der Waals surface area contributed by atoms with E-state index in [0.717, 1.165) is 11.3 Å². The maximum atomic E-state index is 9.23. The zero-order chi connectivity index (χ0) is 13.0. The van der Waals surface area contributed by atoms with Gasteiger partial charge in [0, 0.05) is 5.56 Å². The number of aliphatic hydroxyl groups is 1. The molecule has 1 aromatic carbocycles. The fourth-order valence-electron chi connectivity index (χ4n) is 2.43. The van der Waals surface area contributed by atoms with Crippen LogP contribution >= 0.6 is 11.8 Å². The molecule has 0 spiro atoms. The van der Waals surface area contributed by atoms with Gasteiger partial charge in [-0.3, -0.25) is 0 Å². The van der Waals surface area contributed by atoms with E-state index in [1.54, 1.807) is 7.11 Å². The molecule has 3 N–H and O–H groups in total. The molecule has 1 aliphatic heterocycles. The van der Waals surface area contributed by atoms with Crippen molar-refractivity contribution in [2.24, 2.45) is 5.73 Å². The molecule has 1 aliphatic rings. The Bertz CT molecular complexity index is 391. The number of hydrogen-bond donors (Lipinski definition) is 2. The van der Waals surface area contributed by atoms with Crippen molar-refractivity contribution in [2.75, 3.05) is 25.2 Å². The zero-order valence-electron chi connectivity index (χ0n) is 10.8. The summed E-state index contributed by atoms with van der Waals surface area (Å²) in [5.74, 6) is 3.86. The second kappa shape index (κ2) is 6.45. The van der Waals surface area contributed by atoms with Crippen LogP contribution < -0.4 is 10.5 Å². The maximum absolute atomic E-state index is 9.23. The first-order valence-electron chi connectivity index (χ1n) is 6.38. The Morgan fingerprint density at radius 1 is 1.44 bits per heavy atom. The molecule has 0 aromatic heterocycles. The normalized spacial score (nSPS) is 18.6. The van der Waals surface area contributed by atoms with Gasteiger partial charge in [0.2, 0.25) is 0 Å². The monoisotopic (exact) mass is 267 g/mol.